The summed E-state index contributed by atoms with van der Waals surface area (Å²) in [6.45, 7) is 11.0. The molecule has 140 valence electrons. The van der Waals surface area contributed by atoms with Crippen molar-refractivity contribution in [1.29, 1.82) is 0 Å². The van der Waals surface area contributed by atoms with Gasteiger partial charge in [-0.25, -0.2) is 4.98 Å². The molecule has 26 heavy (non-hydrogen) atoms. The lowest BCUT2D eigenvalue weighted by molar-refractivity contribution is 0.438. The average Bonchev–Trinajstić information content (AvgIpc) is 2.62. The summed E-state index contributed by atoms with van der Waals surface area (Å²) in [6.07, 6.45) is 3.62. The minimum atomic E-state index is 0.392. The number of anilines is 4. The first kappa shape index (κ1) is 18.5. The molecule has 0 radical (unpaired) electrons. The van der Waals surface area contributed by atoms with Gasteiger partial charge in [-0.1, -0.05) is 13.8 Å². The van der Waals surface area contributed by atoms with Gasteiger partial charge in [0.1, 0.15) is 5.82 Å². The van der Waals surface area contributed by atoms with Crippen LogP contribution in [0.2, 0.25) is 0 Å². The molecule has 1 unspecified atom stereocenters. The van der Waals surface area contributed by atoms with Crippen molar-refractivity contribution in [2.45, 2.75) is 53.0 Å². The van der Waals surface area contributed by atoms with E-state index in [1.807, 2.05) is 13.0 Å². The Morgan fingerprint density at radius 1 is 1.15 bits per heavy atom. The van der Waals surface area contributed by atoms with Gasteiger partial charge >= 0.3 is 0 Å². The number of rotatable bonds is 6. The molecule has 1 aliphatic rings. The predicted octanol–water partition coefficient (Wildman–Crippen LogP) is 4.98. The fourth-order valence-electron chi connectivity index (χ4n) is 3.20. The van der Waals surface area contributed by atoms with Crippen LogP contribution in [0.25, 0.3) is 0 Å². The molecule has 1 aromatic heterocycles. The van der Waals surface area contributed by atoms with E-state index in [9.17, 15) is 0 Å². The number of nitrogens with zero attached hydrogens (tertiary/aromatic N) is 3. The summed E-state index contributed by atoms with van der Waals surface area (Å²) in [5.41, 5.74) is 3.26. The SMILES string of the molecule is CCC(C)Nc1cc(C)nc(Nc2ccc(N3CCC(C)CC3)cc2)n1. The van der Waals surface area contributed by atoms with Gasteiger partial charge in [0.15, 0.2) is 0 Å². The van der Waals surface area contributed by atoms with Gasteiger partial charge in [-0.2, -0.15) is 4.98 Å². The van der Waals surface area contributed by atoms with E-state index in [1.165, 1.54) is 18.5 Å². The summed E-state index contributed by atoms with van der Waals surface area (Å²) in [4.78, 5) is 11.6. The van der Waals surface area contributed by atoms with Crippen LogP contribution in [0.4, 0.5) is 23.1 Å². The molecular weight excluding hydrogens is 322 g/mol. The Morgan fingerprint density at radius 2 is 1.85 bits per heavy atom. The second kappa shape index (κ2) is 8.39. The van der Waals surface area contributed by atoms with Crippen LogP contribution in [0, 0.1) is 12.8 Å². The predicted molar refractivity (Wildman–Crippen MR) is 110 cm³/mol. The Morgan fingerprint density at radius 3 is 2.50 bits per heavy atom. The van der Waals surface area contributed by atoms with Gasteiger partial charge in [0, 0.05) is 42.3 Å². The lowest BCUT2D eigenvalue weighted by Crippen LogP contribution is -2.32. The Labute approximate surface area is 157 Å². The minimum absolute atomic E-state index is 0.392. The van der Waals surface area contributed by atoms with Crippen molar-refractivity contribution in [3.63, 3.8) is 0 Å². The molecule has 1 aliphatic heterocycles. The number of hydrogen-bond donors (Lipinski definition) is 2. The maximum Gasteiger partial charge on any atom is 0.229 e. The molecule has 5 heteroatoms. The number of benzene rings is 1. The molecule has 1 aromatic carbocycles. The molecule has 1 fully saturated rings. The van der Waals surface area contributed by atoms with E-state index in [-0.39, 0.29) is 0 Å². The summed E-state index contributed by atoms with van der Waals surface area (Å²) in [6, 6.07) is 11.0. The second-order valence-electron chi connectivity index (χ2n) is 7.51. The van der Waals surface area contributed by atoms with Crippen LogP contribution in [-0.4, -0.2) is 29.1 Å². The van der Waals surface area contributed by atoms with E-state index in [2.05, 4.69) is 70.5 Å². The number of piperidine rings is 1. The van der Waals surface area contributed by atoms with Gasteiger partial charge in [0.05, 0.1) is 0 Å². The van der Waals surface area contributed by atoms with Gasteiger partial charge < -0.3 is 15.5 Å². The van der Waals surface area contributed by atoms with Crippen molar-refractivity contribution in [2.24, 2.45) is 5.92 Å². The molecule has 0 aliphatic carbocycles. The van der Waals surface area contributed by atoms with E-state index >= 15 is 0 Å². The Kier molecular flexibility index (Phi) is 5.96. The van der Waals surface area contributed by atoms with E-state index < -0.39 is 0 Å². The number of hydrogen-bond acceptors (Lipinski definition) is 5. The monoisotopic (exact) mass is 353 g/mol. The smallest absolute Gasteiger partial charge is 0.229 e. The van der Waals surface area contributed by atoms with Crippen LogP contribution in [0.1, 0.15) is 45.7 Å². The molecule has 3 rings (SSSR count). The van der Waals surface area contributed by atoms with E-state index in [1.54, 1.807) is 0 Å². The van der Waals surface area contributed by atoms with E-state index in [4.69, 9.17) is 0 Å². The third kappa shape index (κ3) is 4.87. The van der Waals surface area contributed by atoms with Crippen molar-refractivity contribution >= 4 is 23.1 Å². The van der Waals surface area contributed by atoms with Gasteiger partial charge in [0.2, 0.25) is 5.95 Å². The average molecular weight is 354 g/mol. The van der Waals surface area contributed by atoms with Gasteiger partial charge in [0.25, 0.3) is 0 Å². The summed E-state index contributed by atoms with van der Waals surface area (Å²) in [7, 11) is 0. The van der Waals surface area contributed by atoms with Crippen molar-refractivity contribution in [3.8, 4) is 0 Å². The topological polar surface area (TPSA) is 53.1 Å². The molecule has 2 heterocycles. The highest BCUT2D eigenvalue weighted by Crippen LogP contribution is 2.25. The zero-order chi connectivity index (χ0) is 18.5. The van der Waals surface area contributed by atoms with Crippen molar-refractivity contribution in [2.75, 3.05) is 28.6 Å². The minimum Gasteiger partial charge on any atom is -0.372 e. The van der Waals surface area contributed by atoms with Gasteiger partial charge in [-0.05, 0) is 63.3 Å². The molecule has 0 saturated carbocycles. The van der Waals surface area contributed by atoms with Crippen LogP contribution in [-0.2, 0) is 0 Å². The highest BCUT2D eigenvalue weighted by atomic mass is 15.2. The third-order valence-electron chi connectivity index (χ3n) is 5.13. The van der Waals surface area contributed by atoms with Crippen molar-refractivity contribution in [1.82, 2.24) is 9.97 Å². The van der Waals surface area contributed by atoms with Crippen molar-refractivity contribution in [3.05, 3.63) is 36.0 Å². The lowest BCUT2D eigenvalue weighted by atomic mass is 9.99. The third-order valence-corrected chi connectivity index (χ3v) is 5.13. The molecule has 0 bridgehead atoms. The standard InChI is InChI=1S/C21H31N5/c1-5-16(3)22-20-14-17(4)23-21(25-20)24-18-6-8-19(9-7-18)26-12-10-15(2)11-13-26/h6-9,14-16H,5,10-13H2,1-4H3,(H2,22,23,24,25). The summed E-state index contributed by atoms with van der Waals surface area (Å²) in [5.74, 6) is 2.35. The lowest BCUT2D eigenvalue weighted by Gasteiger charge is -2.32. The van der Waals surface area contributed by atoms with Gasteiger partial charge in [-0.15, -0.1) is 0 Å². The first-order valence-corrected chi connectivity index (χ1v) is 9.77. The molecule has 0 spiro atoms. The molecule has 0 amide bonds. The first-order chi connectivity index (χ1) is 12.5. The summed E-state index contributed by atoms with van der Waals surface area (Å²) >= 11 is 0. The molecule has 1 saturated heterocycles. The van der Waals surface area contributed by atoms with Crippen molar-refractivity contribution < 1.29 is 0 Å². The van der Waals surface area contributed by atoms with Crippen LogP contribution in [0.5, 0.6) is 0 Å². The molecule has 2 aromatic rings. The van der Waals surface area contributed by atoms with E-state index in [0.717, 1.165) is 42.6 Å². The number of nitrogens with one attached hydrogen (secondary N) is 2. The zero-order valence-corrected chi connectivity index (χ0v) is 16.4. The largest absolute Gasteiger partial charge is 0.372 e. The highest BCUT2D eigenvalue weighted by Gasteiger charge is 2.15. The maximum absolute atomic E-state index is 4.59. The maximum atomic E-state index is 4.59. The number of aromatic nitrogens is 2. The van der Waals surface area contributed by atoms with Crippen LogP contribution < -0.4 is 15.5 Å². The fourth-order valence-corrected chi connectivity index (χ4v) is 3.20. The molecule has 1 atom stereocenters. The Balaban J connectivity index is 1.67. The number of aryl methyl sites for hydroxylation is 1. The second-order valence-corrected chi connectivity index (χ2v) is 7.51. The molecule has 5 nitrogen and oxygen atoms in total. The van der Waals surface area contributed by atoms with Crippen LogP contribution in [0.15, 0.2) is 30.3 Å². The quantitative estimate of drug-likeness (QED) is 0.767. The van der Waals surface area contributed by atoms with E-state index in [0.29, 0.717) is 12.0 Å². The van der Waals surface area contributed by atoms with Crippen LogP contribution in [0.3, 0.4) is 0 Å². The normalized spacial score (nSPS) is 16.4. The first-order valence-electron chi connectivity index (χ1n) is 9.77. The zero-order valence-electron chi connectivity index (χ0n) is 16.4. The van der Waals surface area contributed by atoms with Crippen LogP contribution >= 0.6 is 0 Å². The Bertz CT molecular complexity index is 705. The summed E-state index contributed by atoms with van der Waals surface area (Å²) in [5, 5.41) is 6.75. The highest BCUT2D eigenvalue weighted by molar-refractivity contribution is 5.60. The summed E-state index contributed by atoms with van der Waals surface area (Å²) < 4.78 is 0. The Hall–Kier alpha value is -2.30. The molecule has 2 N–H and O–H groups in total. The van der Waals surface area contributed by atoms with Gasteiger partial charge in [-0.3, -0.25) is 0 Å². The fraction of sp³-hybridized carbons (Fsp3) is 0.524. The molecular formula is C21H31N5.